The third-order valence-corrected chi connectivity index (χ3v) is 6.87. The zero-order valence-corrected chi connectivity index (χ0v) is 16.8. The fourth-order valence-corrected chi connectivity index (χ4v) is 5.68. The minimum Gasteiger partial charge on any atom is -0.328 e. The second kappa shape index (κ2) is 6.01. The summed E-state index contributed by atoms with van der Waals surface area (Å²) in [4.78, 5) is 25.8. The predicted molar refractivity (Wildman–Crippen MR) is 112 cm³/mol. The van der Waals surface area contributed by atoms with Crippen LogP contribution in [0.25, 0.3) is 21.1 Å². The highest BCUT2D eigenvalue weighted by molar-refractivity contribution is 7.12. The van der Waals surface area contributed by atoms with Crippen molar-refractivity contribution in [2.45, 2.75) is 45.6 Å². The lowest BCUT2D eigenvalue weighted by Crippen LogP contribution is -2.18. The maximum atomic E-state index is 15.2. The van der Waals surface area contributed by atoms with Crippen LogP contribution in [0.1, 0.15) is 51.1 Å². The van der Waals surface area contributed by atoms with Gasteiger partial charge >= 0.3 is 0 Å². The number of fused-ring (bicyclic) bond motifs is 2. The molecular weight excluding hydrogens is 375 g/mol. The molecule has 1 aromatic carbocycles. The van der Waals surface area contributed by atoms with E-state index in [1.165, 1.54) is 23.2 Å². The van der Waals surface area contributed by atoms with Gasteiger partial charge in [0.15, 0.2) is 0 Å². The van der Waals surface area contributed by atoms with Crippen LogP contribution in [-0.2, 0) is 0 Å². The van der Waals surface area contributed by atoms with E-state index in [9.17, 15) is 9.59 Å². The molecule has 2 unspecified atom stereocenters. The third kappa shape index (κ3) is 2.47. The summed E-state index contributed by atoms with van der Waals surface area (Å²) in [5, 5.41) is 0.443. The lowest BCUT2D eigenvalue weighted by atomic mass is 9.77. The maximum Gasteiger partial charge on any atom is 0.271 e. The lowest BCUT2D eigenvalue weighted by Gasteiger charge is -2.28. The van der Waals surface area contributed by atoms with Gasteiger partial charge in [-0.05, 0) is 61.8 Å². The van der Waals surface area contributed by atoms with Gasteiger partial charge in [0, 0.05) is 17.3 Å². The molecular formula is C22H21FN2O2S. The van der Waals surface area contributed by atoms with E-state index in [1.807, 2.05) is 13.0 Å². The van der Waals surface area contributed by atoms with Gasteiger partial charge in [0.25, 0.3) is 5.56 Å². The Kier molecular flexibility index (Phi) is 3.78. The van der Waals surface area contributed by atoms with Crippen molar-refractivity contribution in [1.29, 1.82) is 0 Å². The van der Waals surface area contributed by atoms with Gasteiger partial charge in [-0.15, -0.1) is 0 Å². The van der Waals surface area contributed by atoms with Crippen molar-refractivity contribution in [2.24, 2.45) is 5.92 Å². The SMILES string of the molecule is CC1=CC(C)C(c2cc3c(cc2F)c(=O)c2c(=O)[nH]sc2n3C2CC2)C(C)=C1. The molecule has 2 atom stereocenters. The number of benzene rings is 1. The Balaban J connectivity index is 1.85. The van der Waals surface area contributed by atoms with E-state index >= 15 is 4.39 Å². The standard InChI is InChI=1S/C22H21FN2O2S/c1-10-6-11(2)18(12(3)7-10)14-9-17-15(8-16(14)23)20(26)19-21(27)24-28-22(19)25(17)13-4-5-13/h6-9,11,13,18H,4-5H2,1-3H3,(H,24,27). The Hall–Kier alpha value is -2.47. The van der Waals surface area contributed by atoms with Crippen LogP contribution in [0.5, 0.6) is 0 Å². The predicted octanol–water partition coefficient (Wildman–Crippen LogP) is 5.00. The number of hydrogen-bond acceptors (Lipinski definition) is 3. The van der Waals surface area contributed by atoms with Gasteiger partial charge in [-0.2, -0.15) is 0 Å². The van der Waals surface area contributed by atoms with Gasteiger partial charge in [-0.1, -0.05) is 30.2 Å². The van der Waals surface area contributed by atoms with E-state index in [1.54, 1.807) is 0 Å². The van der Waals surface area contributed by atoms with Gasteiger partial charge in [0.2, 0.25) is 5.43 Å². The van der Waals surface area contributed by atoms with Crippen LogP contribution in [0.2, 0.25) is 0 Å². The summed E-state index contributed by atoms with van der Waals surface area (Å²) in [5.41, 5.74) is 2.90. The highest BCUT2D eigenvalue weighted by atomic mass is 32.1. The van der Waals surface area contributed by atoms with Gasteiger partial charge in [0.1, 0.15) is 16.0 Å². The molecule has 0 aliphatic heterocycles. The number of halogens is 1. The molecule has 0 radical (unpaired) electrons. The fraction of sp³-hybridized carbons (Fsp3) is 0.364. The normalized spacial score (nSPS) is 22.6. The van der Waals surface area contributed by atoms with E-state index < -0.39 is 0 Å². The fourth-order valence-electron chi connectivity index (χ4n) is 4.75. The van der Waals surface area contributed by atoms with Crippen molar-refractivity contribution < 1.29 is 4.39 Å². The average molecular weight is 396 g/mol. The summed E-state index contributed by atoms with van der Waals surface area (Å²) in [6.45, 7) is 6.20. The molecule has 1 saturated carbocycles. The number of pyridine rings is 1. The number of nitrogens with one attached hydrogen (secondary N) is 1. The Labute approximate surface area is 165 Å². The Bertz CT molecular complexity index is 1320. The average Bonchev–Trinajstić information content (AvgIpc) is 3.38. The molecule has 4 nitrogen and oxygen atoms in total. The molecule has 3 aromatic rings. The third-order valence-electron chi connectivity index (χ3n) is 5.99. The summed E-state index contributed by atoms with van der Waals surface area (Å²) < 4.78 is 20.0. The van der Waals surface area contributed by atoms with Crippen molar-refractivity contribution in [2.75, 3.05) is 0 Å². The highest BCUT2D eigenvalue weighted by Gasteiger charge is 2.31. The number of allylic oxidation sites excluding steroid dienone is 4. The van der Waals surface area contributed by atoms with E-state index in [0.29, 0.717) is 15.8 Å². The Morgan fingerprint density at radius 3 is 2.64 bits per heavy atom. The van der Waals surface area contributed by atoms with Crippen LogP contribution in [0.15, 0.2) is 45.0 Å². The topological polar surface area (TPSA) is 54.9 Å². The minimum atomic E-state index is -0.383. The lowest BCUT2D eigenvalue weighted by molar-refractivity contribution is 0.545. The number of nitrogens with zero attached hydrogens (tertiary/aromatic N) is 1. The summed E-state index contributed by atoms with van der Waals surface area (Å²) in [6, 6.07) is 3.45. The van der Waals surface area contributed by atoms with E-state index in [0.717, 1.165) is 23.9 Å². The van der Waals surface area contributed by atoms with Crippen molar-refractivity contribution in [3.8, 4) is 0 Å². The summed E-state index contributed by atoms with van der Waals surface area (Å²) in [6.07, 6.45) is 6.28. The van der Waals surface area contributed by atoms with Crippen molar-refractivity contribution in [1.82, 2.24) is 8.94 Å². The molecule has 2 aliphatic rings. The molecule has 2 aromatic heterocycles. The van der Waals surface area contributed by atoms with Crippen LogP contribution in [0.4, 0.5) is 4.39 Å². The number of rotatable bonds is 2. The van der Waals surface area contributed by atoms with Crippen molar-refractivity contribution in [3.63, 3.8) is 0 Å². The van der Waals surface area contributed by atoms with Gasteiger partial charge in [-0.25, -0.2) is 4.39 Å². The first-order chi connectivity index (χ1) is 13.4. The summed E-state index contributed by atoms with van der Waals surface area (Å²) in [5.74, 6) is -0.267. The Morgan fingerprint density at radius 2 is 1.96 bits per heavy atom. The van der Waals surface area contributed by atoms with Crippen LogP contribution >= 0.6 is 11.5 Å². The molecule has 0 saturated heterocycles. The smallest absolute Gasteiger partial charge is 0.271 e. The molecule has 28 heavy (non-hydrogen) atoms. The molecule has 5 rings (SSSR count). The molecule has 0 amide bonds. The highest BCUT2D eigenvalue weighted by Crippen LogP contribution is 2.43. The second-order valence-electron chi connectivity index (χ2n) is 8.17. The van der Waals surface area contributed by atoms with Gasteiger partial charge in [0.05, 0.1) is 5.52 Å². The van der Waals surface area contributed by atoms with Crippen molar-refractivity contribution >= 4 is 32.7 Å². The first-order valence-corrected chi connectivity index (χ1v) is 10.4. The van der Waals surface area contributed by atoms with Crippen LogP contribution in [0.3, 0.4) is 0 Å². The molecule has 0 bridgehead atoms. The molecule has 2 aliphatic carbocycles. The van der Waals surface area contributed by atoms with E-state index in [4.69, 9.17) is 0 Å². The molecule has 1 fully saturated rings. The minimum absolute atomic E-state index is 0.0588. The number of H-pyrrole nitrogens is 1. The molecule has 2 heterocycles. The second-order valence-corrected chi connectivity index (χ2v) is 8.97. The number of aromatic nitrogens is 2. The largest absolute Gasteiger partial charge is 0.328 e. The molecule has 144 valence electrons. The molecule has 0 spiro atoms. The monoisotopic (exact) mass is 396 g/mol. The summed E-state index contributed by atoms with van der Waals surface area (Å²) in [7, 11) is 0. The van der Waals surface area contributed by atoms with Gasteiger partial charge in [-0.3, -0.25) is 14.0 Å². The van der Waals surface area contributed by atoms with Crippen LogP contribution in [0, 0.1) is 11.7 Å². The zero-order chi connectivity index (χ0) is 19.7. The van der Waals surface area contributed by atoms with Crippen LogP contribution < -0.4 is 11.0 Å². The quantitative estimate of drug-likeness (QED) is 0.662. The molecule has 6 heteroatoms. The summed E-state index contributed by atoms with van der Waals surface area (Å²) >= 11 is 1.20. The number of aromatic amines is 1. The zero-order valence-electron chi connectivity index (χ0n) is 16.0. The first-order valence-electron chi connectivity index (χ1n) is 9.62. The van der Waals surface area contributed by atoms with Crippen LogP contribution in [-0.4, -0.2) is 8.94 Å². The molecule has 1 N–H and O–H groups in total. The maximum absolute atomic E-state index is 15.2. The van der Waals surface area contributed by atoms with E-state index in [2.05, 4.69) is 34.9 Å². The van der Waals surface area contributed by atoms with Crippen molar-refractivity contribution in [3.05, 3.63) is 67.4 Å². The van der Waals surface area contributed by atoms with Gasteiger partial charge < -0.3 is 4.57 Å². The van der Waals surface area contributed by atoms with E-state index in [-0.39, 0.29) is 40.1 Å². The Morgan fingerprint density at radius 1 is 1.21 bits per heavy atom. The number of hydrogen-bond donors (Lipinski definition) is 1. The first kappa shape index (κ1) is 17.6.